The predicted molar refractivity (Wildman–Crippen MR) is 86.1 cm³/mol. The minimum atomic E-state index is -3.63. The number of rotatable bonds is 6. The Balaban J connectivity index is 0.00000361. The van der Waals surface area contributed by atoms with Crippen LogP contribution < -0.4 is 10.5 Å². The molecule has 0 amide bonds. The molecule has 0 aliphatic heterocycles. The molecule has 0 aromatic heterocycles. The molecule has 0 bridgehead atoms. The third kappa shape index (κ3) is 4.60. The van der Waals surface area contributed by atoms with Gasteiger partial charge in [-0.1, -0.05) is 37.6 Å². The van der Waals surface area contributed by atoms with E-state index in [0.29, 0.717) is 12.8 Å². The van der Waals surface area contributed by atoms with Crippen molar-refractivity contribution in [1.29, 1.82) is 0 Å². The molecule has 7 heteroatoms. The number of hydrogen-bond acceptors (Lipinski definition) is 3. The predicted octanol–water partition coefficient (Wildman–Crippen LogP) is 2.87. The van der Waals surface area contributed by atoms with E-state index in [9.17, 15) is 8.42 Å². The lowest BCUT2D eigenvalue weighted by molar-refractivity contribution is 0.392. The Kier molecular flexibility index (Phi) is 7.49. The van der Waals surface area contributed by atoms with Crippen molar-refractivity contribution in [3.05, 3.63) is 28.8 Å². The summed E-state index contributed by atoms with van der Waals surface area (Å²) in [5.41, 5.74) is 6.30. The lowest BCUT2D eigenvalue weighted by Gasteiger charge is -2.26. The van der Waals surface area contributed by atoms with Gasteiger partial charge in [0.1, 0.15) is 4.90 Å². The van der Waals surface area contributed by atoms with Crippen molar-refractivity contribution in [2.75, 3.05) is 6.54 Å². The van der Waals surface area contributed by atoms with Crippen LogP contribution in [0.1, 0.15) is 32.3 Å². The number of aryl methyl sites for hydroxylation is 1. The fourth-order valence-electron chi connectivity index (χ4n) is 1.64. The van der Waals surface area contributed by atoms with Gasteiger partial charge in [-0.2, -0.15) is 0 Å². The monoisotopic (exact) mass is 340 g/mol. The highest BCUT2D eigenvalue weighted by Crippen LogP contribution is 2.24. The summed E-state index contributed by atoms with van der Waals surface area (Å²) in [6.45, 7) is 5.86. The summed E-state index contributed by atoms with van der Waals surface area (Å²) in [6.07, 6.45) is 1.40. The summed E-state index contributed by atoms with van der Waals surface area (Å²) < 4.78 is 27.0. The first-order valence-electron chi connectivity index (χ1n) is 6.29. The van der Waals surface area contributed by atoms with Crippen LogP contribution in [-0.4, -0.2) is 20.5 Å². The highest BCUT2D eigenvalue weighted by molar-refractivity contribution is 7.89. The fraction of sp³-hybridized carbons (Fsp3) is 0.538. The lowest BCUT2D eigenvalue weighted by Crippen LogP contribution is -2.49. The zero-order valence-corrected chi connectivity index (χ0v) is 14.3. The van der Waals surface area contributed by atoms with Crippen LogP contribution in [0.4, 0.5) is 0 Å². The smallest absolute Gasteiger partial charge is 0.242 e. The van der Waals surface area contributed by atoms with E-state index in [1.807, 2.05) is 13.8 Å². The topological polar surface area (TPSA) is 72.2 Å². The van der Waals surface area contributed by atoms with Crippen LogP contribution in [0, 0.1) is 6.92 Å². The van der Waals surface area contributed by atoms with Crippen LogP contribution in [0.3, 0.4) is 0 Å². The molecule has 116 valence electrons. The highest BCUT2D eigenvalue weighted by atomic mass is 35.5. The minimum Gasteiger partial charge on any atom is -0.324 e. The molecule has 0 atom stereocenters. The summed E-state index contributed by atoms with van der Waals surface area (Å²) in [5.74, 6) is 0. The third-order valence-electron chi connectivity index (χ3n) is 3.47. The second-order valence-corrected chi connectivity index (χ2v) is 6.89. The maximum Gasteiger partial charge on any atom is 0.242 e. The van der Waals surface area contributed by atoms with Crippen molar-refractivity contribution in [2.24, 2.45) is 5.73 Å². The highest BCUT2D eigenvalue weighted by Gasteiger charge is 2.25. The Morgan fingerprint density at radius 1 is 1.30 bits per heavy atom. The van der Waals surface area contributed by atoms with Gasteiger partial charge in [0, 0.05) is 12.1 Å². The summed E-state index contributed by atoms with van der Waals surface area (Å²) in [6, 6.07) is 4.94. The lowest BCUT2D eigenvalue weighted by atomic mass is 9.95. The Morgan fingerprint density at radius 3 is 2.35 bits per heavy atom. The van der Waals surface area contributed by atoms with Crippen molar-refractivity contribution in [1.82, 2.24) is 4.72 Å². The number of hydrogen-bond donors (Lipinski definition) is 2. The molecule has 20 heavy (non-hydrogen) atoms. The largest absolute Gasteiger partial charge is 0.324 e. The van der Waals surface area contributed by atoms with Gasteiger partial charge in [-0.15, -0.1) is 12.4 Å². The first-order chi connectivity index (χ1) is 8.75. The Hall–Kier alpha value is -0.330. The molecule has 4 nitrogen and oxygen atoms in total. The number of nitrogens with two attached hydrogens (primary N) is 1. The van der Waals surface area contributed by atoms with Crippen LogP contribution in [0.5, 0.6) is 0 Å². The third-order valence-corrected chi connectivity index (χ3v) is 5.53. The molecule has 0 aliphatic rings. The average molecular weight is 341 g/mol. The Morgan fingerprint density at radius 2 is 1.85 bits per heavy atom. The van der Waals surface area contributed by atoms with Gasteiger partial charge in [0.05, 0.1) is 5.02 Å². The SMILES string of the molecule is CCC(N)(CC)CNS(=O)(=O)c1cccc(C)c1Cl.Cl. The molecule has 0 fully saturated rings. The van der Waals surface area contributed by atoms with Crippen LogP contribution in [-0.2, 0) is 10.0 Å². The molecule has 0 heterocycles. The van der Waals surface area contributed by atoms with Gasteiger partial charge < -0.3 is 5.73 Å². The summed E-state index contributed by atoms with van der Waals surface area (Å²) in [5, 5.41) is 0.255. The zero-order chi connectivity index (χ0) is 14.7. The molecule has 0 aliphatic carbocycles. The molecule has 1 rings (SSSR count). The average Bonchev–Trinajstić information content (AvgIpc) is 2.39. The second kappa shape index (κ2) is 7.61. The first kappa shape index (κ1) is 19.7. The van der Waals surface area contributed by atoms with Gasteiger partial charge in [-0.3, -0.25) is 0 Å². The van der Waals surface area contributed by atoms with Gasteiger partial charge >= 0.3 is 0 Å². The van der Waals surface area contributed by atoms with Crippen LogP contribution in [0.2, 0.25) is 5.02 Å². The summed E-state index contributed by atoms with van der Waals surface area (Å²) in [7, 11) is -3.63. The molecule has 1 aromatic carbocycles. The maximum absolute atomic E-state index is 12.2. The number of benzene rings is 1. The molecule has 0 radical (unpaired) electrons. The Bertz CT molecular complexity index is 543. The van der Waals surface area contributed by atoms with E-state index in [0.717, 1.165) is 5.56 Å². The quantitative estimate of drug-likeness (QED) is 0.836. The standard InChI is InChI=1S/C13H21ClN2O2S.ClH/c1-4-13(15,5-2)9-16-19(17,18)11-8-6-7-10(3)12(11)14;/h6-8,16H,4-5,9,15H2,1-3H3;1H. The van der Waals surface area contributed by atoms with E-state index in [1.165, 1.54) is 6.07 Å². The molecular weight excluding hydrogens is 319 g/mol. The molecule has 3 N–H and O–H groups in total. The summed E-state index contributed by atoms with van der Waals surface area (Å²) >= 11 is 6.05. The molecule has 0 saturated heterocycles. The van der Waals surface area contributed by atoms with Crippen LogP contribution in [0.15, 0.2) is 23.1 Å². The second-order valence-electron chi connectivity index (χ2n) is 4.78. The Labute approximate surface area is 132 Å². The number of sulfonamides is 1. The molecule has 1 aromatic rings. The fourth-order valence-corrected chi connectivity index (χ4v) is 3.36. The van der Waals surface area contributed by atoms with Gasteiger partial charge in [0.25, 0.3) is 0 Å². The van der Waals surface area contributed by atoms with Crippen LogP contribution in [0.25, 0.3) is 0 Å². The van der Waals surface area contributed by atoms with Gasteiger partial charge in [-0.05, 0) is 31.4 Å². The molecular formula is C13H22Cl2N2O2S. The van der Waals surface area contributed by atoms with Crippen molar-refractivity contribution < 1.29 is 8.42 Å². The number of halogens is 2. The van der Waals surface area contributed by atoms with Crippen molar-refractivity contribution >= 4 is 34.0 Å². The minimum absolute atomic E-state index is 0. The molecule has 0 spiro atoms. The maximum atomic E-state index is 12.2. The van der Waals surface area contributed by atoms with E-state index < -0.39 is 15.6 Å². The molecule has 0 unspecified atom stereocenters. The van der Waals surface area contributed by atoms with E-state index in [2.05, 4.69) is 4.72 Å². The van der Waals surface area contributed by atoms with Gasteiger partial charge in [-0.25, -0.2) is 13.1 Å². The van der Waals surface area contributed by atoms with Crippen molar-refractivity contribution in [2.45, 2.75) is 44.0 Å². The van der Waals surface area contributed by atoms with Crippen molar-refractivity contribution in [3.63, 3.8) is 0 Å². The van der Waals surface area contributed by atoms with Gasteiger partial charge in [0.2, 0.25) is 10.0 Å². The number of nitrogens with one attached hydrogen (secondary N) is 1. The van der Waals surface area contributed by atoms with Crippen LogP contribution >= 0.6 is 24.0 Å². The zero-order valence-electron chi connectivity index (χ0n) is 11.9. The summed E-state index contributed by atoms with van der Waals surface area (Å²) in [4.78, 5) is 0.101. The van der Waals surface area contributed by atoms with E-state index in [-0.39, 0.29) is 28.9 Å². The first-order valence-corrected chi connectivity index (χ1v) is 8.15. The van der Waals surface area contributed by atoms with E-state index >= 15 is 0 Å². The van der Waals surface area contributed by atoms with Gasteiger partial charge in [0.15, 0.2) is 0 Å². The van der Waals surface area contributed by atoms with Crippen molar-refractivity contribution in [3.8, 4) is 0 Å². The van der Waals surface area contributed by atoms with E-state index in [4.69, 9.17) is 17.3 Å². The van der Waals surface area contributed by atoms with E-state index in [1.54, 1.807) is 19.1 Å². The normalized spacial score (nSPS) is 12.1. The molecule has 0 saturated carbocycles.